The lowest BCUT2D eigenvalue weighted by atomic mass is 9.98. The highest BCUT2D eigenvalue weighted by molar-refractivity contribution is 7.89. The molecule has 354 valence electrons. The van der Waals surface area contributed by atoms with Crippen LogP contribution in [0.15, 0.2) is 60.7 Å². The normalized spacial score (nSPS) is 13.8. The van der Waals surface area contributed by atoms with E-state index in [0.29, 0.717) is 11.1 Å². The van der Waals surface area contributed by atoms with E-state index < -0.39 is 84.9 Å². The highest BCUT2D eigenvalue weighted by Gasteiger charge is 2.39. The van der Waals surface area contributed by atoms with Gasteiger partial charge in [-0.05, 0) is 44.5 Å². The van der Waals surface area contributed by atoms with Crippen LogP contribution < -0.4 is 19.2 Å². The summed E-state index contributed by atoms with van der Waals surface area (Å²) in [5.74, 6) is -6.28. The molecule has 2 aromatic heterocycles. The van der Waals surface area contributed by atoms with E-state index in [0.717, 1.165) is 12.1 Å². The summed E-state index contributed by atoms with van der Waals surface area (Å²) >= 11 is 5.93. The molecule has 0 bridgehead atoms. The smallest absolute Gasteiger partial charge is 0.340 e. The Bertz CT molecular complexity index is 2850. The number of nitrogens with one attached hydrogen (secondary N) is 2. The fraction of sp³-hybridized carbons (Fsp3) is 0.349. The van der Waals surface area contributed by atoms with Crippen molar-refractivity contribution in [1.82, 2.24) is 19.4 Å². The van der Waals surface area contributed by atoms with Crippen molar-refractivity contribution in [2.45, 2.75) is 44.6 Å². The van der Waals surface area contributed by atoms with Crippen LogP contribution >= 0.6 is 11.6 Å². The number of halogens is 4. The number of alkyl halides is 3. The predicted molar refractivity (Wildman–Crippen MR) is 235 cm³/mol. The van der Waals surface area contributed by atoms with Gasteiger partial charge in [-0.25, -0.2) is 49.6 Å². The summed E-state index contributed by atoms with van der Waals surface area (Å²) in [7, 11) is -8.04. The van der Waals surface area contributed by atoms with Crippen molar-refractivity contribution in [3.8, 4) is 12.1 Å². The number of sulfonamides is 2. The molecule has 0 radical (unpaired) electrons. The van der Waals surface area contributed by atoms with Crippen LogP contribution in [0.2, 0.25) is 0 Å². The fourth-order valence-corrected chi connectivity index (χ4v) is 9.28. The third-order valence-electron chi connectivity index (χ3n) is 10.0. The van der Waals surface area contributed by atoms with Gasteiger partial charge in [0, 0.05) is 31.7 Å². The zero-order chi connectivity index (χ0) is 49.2. The minimum atomic E-state index is -4.20. The number of aromatic nitrogens is 2. The molecule has 67 heavy (non-hydrogen) atoms. The van der Waals surface area contributed by atoms with Gasteiger partial charge in [0.15, 0.2) is 0 Å². The van der Waals surface area contributed by atoms with Crippen molar-refractivity contribution in [2.75, 3.05) is 49.2 Å². The Labute approximate surface area is 388 Å². The Kier molecular flexibility index (Phi) is 16.9. The Balaban J connectivity index is 0.000000252. The Morgan fingerprint density at radius 3 is 1.76 bits per heavy atom. The number of nitriles is 2. The standard InChI is InChI=1S/C22H21F3N4O5S.C21H21ClN4O5S/c1-3-34-22(31)16-7-13(8-26)20(27-18(16)19(24)25)29-9-15(10-29)21(30)28-35(32,33)11-14-6-12(2)4-5-17(14)23;1-2-31-21(28)17-8-15(10-23)19(24-18(17)9-22)26-11-16(12-26)20(27)25-32(29,30)13-14-6-4-3-5-7-14/h4-7,15,19H,3,9-11H2,1-2H3,(H,28,30);3-8,16H,2,9,11-13H2,1H3,(H,25,27). The van der Waals surface area contributed by atoms with Gasteiger partial charge in [-0.3, -0.25) is 19.0 Å². The van der Waals surface area contributed by atoms with Crippen molar-refractivity contribution in [3.05, 3.63) is 117 Å². The molecule has 24 heteroatoms. The van der Waals surface area contributed by atoms with Crippen molar-refractivity contribution in [1.29, 1.82) is 10.5 Å². The van der Waals surface area contributed by atoms with Gasteiger partial charge in [0.1, 0.15) is 35.3 Å². The number of carbonyl (C=O) groups excluding carboxylic acids is 4. The summed E-state index contributed by atoms with van der Waals surface area (Å²) in [4.78, 5) is 60.1. The van der Waals surface area contributed by atoms with Gasteiger partial charge < -0.3 is 19.3 Å². The summed E-state index contributed by atoms with van der Waals surface area (Å²) in [5.41, 5.74) is 0.0543. The minimum absolute atomic E-state index is 0.0620. The van der Waals surface area contributed by atoms with E-state index in [-0.39, 0.29) is 90.6 Å². The maximum absolute atomic E-state index is 13.9. The first-order chi connectivity index (χ1) is 31.7. The van der Waals surface area contributed by atoms with E-state index in [4.69, 9.17) is 21.1 Å². The number of hydrogen-bond donors (Lipinski definition) is 2. The van der Waals surface area contributed by atoms with Crippen LogP contribution in [-0.2, 0) is 56.5 Å². The average Bonchev–Trinajstić information content (AvgIpc) is 3.23. The number of amides is 2. The molecule has 0 aliphatic carbocycles. The number of benzene rings is 2. The molecule has 4 aromatic rings. The average molecular weight is 987 g/mol. The van der Waals surface area contributed by atoms with Crippen LogP contribution in [0.25, 0.3) is 0 Å². The van der Waals surface area contributed by atoms with Crippen LogP contribution in [0.1, 0.15) is 80.2 Å². The Hall–Kier alpha value is -6.82. The molecule has 18 nitrogen and oxygen atoms in total. The van der Waals surface area contributed by atoms with Crippen LogP contribution in [0, 0.1) is 47.2 Å². The third-order valence-corrected chi connectivity index (χ3v) is 12.7. The molecule has 2 amide bonds. The van der Waals surface area contributed by atoms with Crippen molar-refractivity contribution >= 4 is 67.0 Å². The van der Waals surface area contributed by atoms with Gasteiger partial charge in [0.05, 0.1) is 70.4 Å². The van der Waals surface area contributed by atoms with Gasteiger partial charge in [0.25, 0.3) is 6.43 Å². The molecule has 2 aromatic carbocycles. The number of aryl methyl sites for hydroxylation is 1. The van der Waals surface area contributed by atoms with Crippen molar-refractivity contribution in [3.63, 3.8) is 0 Å². The van der Waals surface area contributed by atoms with E-state index in [2.05, 4.69) is 14.7 Å². The molecule has 2 aliphatic rings. The summed E-state index contributed by atoms with van der Waals surface area (Å²) in [6.07, 6.45) is -3.13. The van der Waals surface area contributed by atoms with Crippen molar-refractivity contribution in [2.24, 2.45) is 11.8 Å². The topological polar surface area (TPSA) is 259 Å². The maximum Gasteiger partial charge on any atom is 0.340 e. The molecule has 2 saturated heterocycles. The lowest BCUT2D eigenvalue weighted by molar-refractivity contribution is -0.124. The number of rotatable bonds is 16. The molecule has 4 heterocycles. The van der Waals surface area contributed by atoms with E-state index in [1.54, 1.807) is 55.1 Å². The lowest BCUT2D eigenvalue weighted by Gasteiger charge is -2.39. The quantitative estimate of drug-likeness (QED) is 0.115. The molecule has 2 aliphatic heterocycles. The largest absolute Gasteiger partial charge is 0.462 e. The molecular formula is C43H42ClF3N8O10S2. The number of esters is 2. The molecule has 2 fully saturated rings. The SMILES string of the molecule is CCOC(=O)c1cc(C#N)c(N2CC(C(=O)NS(=O)(=O)Cc3cc(C)ccc3F)C2)nc1C(F)F.CCOC(=O)c1cc(C#N)c(N2CC(C(=O)NS(=O)(=O)Cc3ccccc3)C2)nc1CCl. The van der Waals surface area contributed by atoms with Crippen LogP contribution in [0.5, 0.6) is 0 Å². The number of carbonyl (C=O) groups is 4. The molecule has 2 N–H and O–H groups in total. The van der Waals surface area contributed by atoms with Gasteiger partial charge in [-0.15, -0.1) is 11.6 Å². The molecule has 6 rings (SSSR count). The first-order valence-corrected chi connectivity index (χ1v) is 24.0. The van der Waals surface area contributed by atoms with Crippen LogP contribution in [-0.4, -0.2) is 89.9 Å². The minimum Gasteiger partial charge on any atom is -0.462 e. The van der Waals surface area contributed by atoms with Gasteiger partial charge >= 0.3 is 11.9 Å². The van der Waals surface area contributed by atoms with E-state index in [1.807, 2.05) is 10.8 Å². The second-order valence-corrected chi connectivity index (χ2v) is 18.7. The summed E-state index contributed by atoms with van der Waals surface area (Å²) < 4.78 is 104. The lowest BCUT2D eigenvalue weighted by Crippen LogP contribution is -2.55. The summed E-state index contributed by atoms with van der Waals surface area (Å²) in [6.45, 7) is 5.07. The summed E-state index contributed by atoms with van der Waals surface area (Å²) in [5, 5.41) is 18.9. The monoisotopic (exact) mass is 986 g/mol. The number of nitrogens with zero attached hydrogens (tertiary/aromatic N) is 6. The fourth-order valence-electron chi connectivity index (χ4n) is 6.72. The van der Waals surface area contributed by atoms with Gasteiger partial charge in [-0.1, -0.05) is 48.0 Å². The Morgan fingerprint density at radius 1 is 0.776 bits per heavy atom. The zero-order valence-electron chi connectivity index (χ0n) is 36.0. The molecular weight excluding hydrogens is 945 g/mol. The van der Waals surface area contributed by atoms with E-state index >= 15 is 0 Å². The second-order valence-electron chi connectivity index (χ2n) is 15.0. The molecule has 0 unspecified atom stereocenters. The number of ether oxygens (including phenoxy) is 2. The summed E-state index contributed by atoms with van der Waals surface area (Å²) in [6, 6.07) is 18.6. The first-order valence-electron chi connectivity index (χ1n) is 20.2. The van der Waals surface area contributed by atoms with Gasteiger partial charge in [-0.2, -0.15) is 10.5 Å². The predicted octanol–water partition coefficient (Wildman–Crippen LogP) is 4.55. The maximum atomic E-state index is 13.9. The third kappa shape index (κ3) is 13.0. The van der Waals surface area contributed by atoms with Crippen molar-refractivity contribution < 1.29 is 58.7 Å². The van der Waals surface area contributed by atoms with Gasteiger partial charge in [0.2, 0.25) is 31.9 Å². The van der Waals surface area contributed by atoms with E-state index in [1.165, 1.54) is 30.0 Å². The number of pyridine rings is 2. The number of hydrogen-bond acceptors (Lipinski definition) is 16. The van der Waals surface area contributed by atoms with Crippen LogP contribution in [0.4, 0.5) is 24.8 Å². The molecule has 0 spiro atoms. The Morgan fingerprint density at radius 2 is 1.27 bits per heavy atom. The van der Waals surface area contributed by atoms with E-state index in [9.17, 15) is 59.7 Å². The molecule has 0 saturated carbocycles. The highest BCUT2D eigenvalue weighted by Crippen LogP contribution is 2.33. The van der Waals surface area contributed by atoms with Crippen LogP contribution in [0.3, 0.4) is 0 Å². The highest BCUT2D eigenvalue weighted by atomic mass is 35.5. The molecule has 0 atom stereocenters. The first kappa shape index (κ1) is 51.2. The second kappa shape index (κ2) is 22.1. The number of anilines is 2. The zero-order valence-corrected chi connectivity index (χ0v) is 38.4.